The molecule has 1 aromatic carbocycles. The molecule has 0 spiro atoms. The van der Waals surface area contributed by atoms with Crippen LogP contribution in [0.15, 0.2) is 30.6 Å². The predicted octanol–water partition coefficient (Wildman–Crippen LogP) is 1.08. The third-order valence-electron chi connectivity index (χ3n) is 3.12. The zero-order valence-corrected chi connectivity index (χ0v) is 10.3. The summed E-state index contributed by atoms with van der Waals surface area (Å²) in [5.74, 6) is 2.26. The van der Waals surface area contributed by atoms with Crippen molar-refractivity contribution in [2.24, 2.45) is 7.05 Å². The van der Waals surface area contributed by atoms with Crippen LogP contribution in [-0.4, -0.2) is 27.9 Å². The van der Waals surface area contributed by atoms with Gasteiger partial charge in [-0.2, -0.15) is 5.10 Å². The van der Waals surface area contributed by atoms with Crippen molar-refractivity contribution in [1.82, 2.24) is 20.1 Å². The standard InChI is InChI=1S/C13H16N4O/c1-17-9-15-13(16-17)7-14-6-10-8-18-12-5-3-2-4-11(10)12/h2-5,9-10,14H,6-8H2,1H3. The van der Waals surface area contributed by atoms with Crippen LogP contribution in [0.5, 0.6) is 5.75 Å². The summed E-state index contributed by atoms with van der Waals surface area (Å²) in [6, 6.07) is 8.22. The maximum atomic E-state index is 5.64. The third-order valence-corrected chi connectivity index (χ3v) is 3.12. The minimum absolute atomic E-state index is 0.421. The monoisotopic (exact) mass is 244 g/mol. The summed E-state index contributed by atoms with van der Waals surface area (Å²) in [5, 5.41) is 7.61. The van der Waals surface area contributed by atoms with Gasteiger partial charge in [-0.3, -0.25) is 4.68 Å². The average molecular weight is 244 g/mol. The third kappa shape index (κ3) is 2.22. The molecule has 5 nitrogen and oxygen atoms in total. The van der Waals surface area contributed by atoms with Gasteiger partial charge in [-0.25, -0.2) is 4.98 Å². The van der Waals surface area contributed by atoms with Crippen LogP contribution < -0.4 is 10.1 Å². The van der Waals surface area contributed by atoms with Gasteiger partial charge in [0.05, 0.1) is 13.2 Å². The minimum Gasteiger partial charge on any atom is -0.493 e. The van der Waals surface area contributed by atoms with Gasteiger partial charge in [-0.05, 0) is 6.07 Å². The molecule has 0 saturated heterocycles. The summed E-state index contributed by atoms with van der Waals surface area (Å²) < 4.78 is 7.36. The number of fused-ring (bicyclic) bond motifs is 1. The van der Waals surface area contributed by atoms with Crippen molar-refractivity contribution in [3.63, 3.8) is 0 Å². The van der Waals surface area contributed by atoms with Gasteiger partial charge in [0.2, 0.25) is 0 Å². The first-order valence-corrected chi connectivity index (χ1v) is 6.10. The zero-order valence-electron chi connectivity index (χ0n) is 10.3. The van der Waals surface area contributed by atoms with E-state index >= 15 is 0 Å². The summed E-state index contributed by atoms with van der Waals surface area (Å²) in [6.45, 7) is 2.33. The summed E-state index contributed by atoms with van der Waals surface area (Å²) in [4.78, 5) is 4.18. The Kier molecular flexibility index (Phi) is 2.98. The van der Waals surface area contributed by atoms with E-state index in [-0.39, 0.29) is 0 Å². The van der Waals surface area contributed by atoms with Gasteiger partial charge >= 0.3 is 0 Å². The van der Waals surface area contributed by atoms with Gasteiger partial charge in [-0.15, -0.1) is 0 Å². The van der Waals surface area contributed by atoms with Gasteiger partial charge in [-0.1, -0.05) is 18.2 Å². The molecule has 0 amide bonds. The molecule has 1 aliphatic heterocycles. The van der Waals surface area contributed by atoms with E-state index in [1.165, 1.54) is 5.56 Å². The molecule has 1 aromatic heterocycles. The smallest absolute Gasteiger partial charge is 0.164 e. The normalized spacial score (nSPS) is 17.5. The molecule has 0 bridgehead atoms. The molecule has 2 aromatic rings. The van der Waals surface area contributed by atoms with E-state index in [0.717, 1.165) is 24.7 Å². The summed E-state index contributed by atoms with van der Waals surface area (Å²) in [5.41, 5.74) is 1.29. The highest BCUT2D eigenvalue weighted by Gasteiger charge is 2.22. The number of benzene rings is 1. The molecule has 0 radical (unpaired) electrons. The van der Waals surface area contributed by atoms with Gasteiger partial charge in [0.15, 0.2) is 5.82 Å². The van der Waals surface area contributed by atoms with Crippen LogP contribution in [0, 0.1) is 0 Å². The second-order valence-corrected chi connectivity index (χ2v) is 4.51. The van der Waals surface area contributed by atoms with Crippen molar-refractivity contribution in [3.05, 3.63) is 42.0 Å². The Labute approximate surface area is 106 Å². The van der Waals surface area contributed by atoms with Gasteiger partial charge in [0.1, 0.15) is 12.1 Å². The Bertz CT molecular complexity index is 537. The number of rotatable bonds is 4. The van der Waals surface area contributed by atoms with E-state index in [2.05, 4.69) is 27.5 Å². The van der Waals surface area contributed by atoms with Crippen LogP contribution in [0.2, 0.25) is 0 Å². The minimum atomic E-state index is 0.421. The highest BCUT2D eigenvalue weighted by molar-refractivity contribution is 5.39. The van der Waals surface area contributed by atoms with Crippen molar-refractivity contribution in [2.75, 3.05) is 13.2 Å². The molecule has 5 heteroatoms. The SMILES string of the molecule is Cn1cnc(CNCC2COc3ccccc32)n1. The number of aryl methyl sites for hydroxylation is 1. The van der Waals surface area contributed by atoms with Crippen LogP contribution in [0.1, 0.15) is 17.3 Å². The number of hydrogen-bond donors (Lipinski definition) is 1. The predicted molar refractivity (Wildman–Crippen MR) is 67.4 cm³/mol. The Morgan fingerprint density at radius 3 is 3.17 bits per heavy atom. The van der Waals surface area contributed by atoms with Crippen LogP contribution in [0.3, 0.4) is 0 Å². The van der Waals surface area contributed by atoms with Crippen LogP contribution in [0.4, 0.5) is 0 Å². The fourth-order valence-electron chi connectivity index (χ4n) is 2.22. The van der Waals surface area contributed by atoms with Gasteiger partial charge in [0, 0.05) is 25.1 Å². The highest BCUT2D eigenvalue weighted by Crippen LogP contribution is 2.32. The molecular weight excluding hydrogens is 228 g/mol. The molecule has 1 unspecified atom stereocenters. The van der Waals surface area contributed by atoms with Crippen LogP contribution in [-0.2, 0) is 13.6 Å². The number of para-hydroxylation sites is 1. The number of nitrogens with zero attached hydrogens (tertiary/aromatic N) is 3. The van der Waals surface area contributed by atoms with E-state index in [1.807, 2.05) is 19.2 Å². The number of nitrogens with one attached hydrogen (secondary N) is 1. The fraction of sp³-hybridized carbons (Fsp3) is 0.385. The van der Waals surface area contributed by atoms with Gasteiger partial charge < -0.3 is 10.1 Å². The van der Waals surface area contributed by atoms with E-state index in [1.54, 1.807) is 11.0 Å². The lowest BCUT2D eigenvalue weighted by atomic mass is 10.0. The van der Waals surface area contributed by atoms with E-state index < -0.39 is 0 Å². The van der Waals surface area contributed by atoms with Crippen LogP contribution >= 0.6 is 0 Å². The Morgan fingerprint density at radius 2 is 2.33 bits per heavy atom. The maximum Gasteiger partial charge on any atom is 0.164 e. The first kappa shape index (κ1) is 11.2. The average Bonchev–Trinajstić information content (AvgIpc) is 2.97. The molecule has 1 N–H and O–H groups in total. The first-order chi connectivity index (χ1) is 8.83. The van der Waals surface area contributed by atoms with Crippen molar-refractivity contribution in [2.45, 2.75) is 12.5 Å². The number of ether oxygens (including phenoxy) is 1. The first-order valence-electron chi connectivity index (χ1n) is 6.10. The molecule has 3 rings (SSSR count). The molecule has 94 valence electrons. The molecule has 18 heavy (non-hydrogen) atoms. The number of aromatic nitrogens is 3. The largest absolute Gasteiger partial charge is 0.493 e. The lowest BCUT2D eigenvalue weighted by molar-refractivity contribution is 0.326. The summed E-state index contributed by atoms with van der Waals surface area (Å²) in [7, 11) is 1.87. The molecular formula is C13H16N4O. The second-order valence-electron chi connectivity index (χ2n) is 4.51. The quantitative estimate of drug-likeness (QED) is 0.874. The molecule has 1 aliphatic rings. The molecule has 0 saturated carbocycles. The lowest BCUT2D eigenvalue weighted by Gasteiger charge is -2.08. The van der Waals surface area contributed by atoms with Gasteiger partial charge in [0.25, 0.3) is 0 Å². The van der Waals surface area contributed by atoms with Crippen molar-refractivity contribution in [1.29, 1.82) is 0 Å². The van der Waals surface area contributed by atoms with E-state index in [0.29, 0.717) is 12.5 Å². The highest BCUT2D eigenvalue weighted by atomic mass is 16.5. The van der Waals surface area contributed by atoms with E-state index in [9.17, 15) is 0 Å². The topological polar surface area (TPSA) is 52.0 Å². The second kappa shape index (κ2) is 4.78. The summed E-state index contributed by atoms with van der Waals surface area (Å²) >= 11 is 0. The van der Waals surface area contributed by atoms with Crippen molar-refractivity contribution in [3.8, 4) is 5.75 Å². The zero-order chi connectivity index (χ0) is 12.4. The Hall–Kier alpha value is -1.88. The van der Waals surface area contributed by atoms with Crippen molar-refractivity contribution >= 4 is 0 Å². The molecule has 0 aliphatic carbocycles. The Morgan fingerprint density at radius 1 is 1.44 bits per heavy atom. The van der Waals surface area contributed by atoms with E-state index in [4.69, 9.17) is 4.74 Å². The molecule has 2 heterocycles. The maximum absolute atomic E-state index is 5.64. The fourth-order valence-corrected chi connectivity index (χ4v) is 2.22. The lowest BCUT2D eigenvalue weighted by Crippen LogP contribution is -2.22. The van der Waals surface area contributed by atoms with Crippen molar-refractivity contribution < 1.29 is 4.74 Å². The Balaban J connectivity index is 1.56. The molecule has 0 fully saturated rings. The summed E-state index contributed by atoms with van der Waals surface area (Å²) in [6.07, 6.45) is 1.71. The number of hydrogen-bond acceptors (Lipinski definition) is 4. The van der Waals surface area contributed by atoms with Crippen LogP contribution in [0.25, 0.3) is 0 Å². The molecule has 1 atom stereocenters.